The van der Waals surface area contributed by atoms with Crippen LogP contribution >= 0.6 is 0 Å². The fraction of sp³-hybridized carbons (Fsp3) is 0.0149. The van der Waals surface area contributed by atoms with Gasteiger partial charge in [-0.25, -0.2) is 0 Å². The van der Waals surface area contributed by atoms with Gasteiger partial charge in [0.05, 0.1) is 0 Å². The lowest BCUT2D eigenvalue weighted by Crippen LogP contribution is -1.95. The van der Waals surface area contributed by atoms with Crippen molar-refractivity contribution in [3.05, 3.63) is 265 Å². The van der Waals surface area contributed by atoms with Crippen LogP contribution in [0.2, 0.25) is 0 Å². The average molecular weight is 845 g/mol. The van der Waals surface area contributed by atoms with Gasteiger partial charge in [0.25, 0.3) is 0 Å². The number of hydrogen-bond donors (Lipinski definition) is 0. The molecule has 1 aliphatic rings. The van der Waals surface area contributed by atoms with E-state index in [1.807, 2.05) is 0 Å². The van der Waals surface area contributed by atoms with E-state index in [4.69, 9.17) is 0 Å². The third-order valence-corrected chi connectivity index (χ3v) is 14.4. The maximum Gasteiger partial charge on any atom is 0.0334 e. The molecule has 0 bridgehead atoms. The number of allylic oxidation sites excluding steroid dienone is 3. The molecule has 0 nitrogen and oxygen atoms in total. The average Bonchev–Trinajstić information content (AvgIpc) is 3.59. The second-order valence-corrected chi connectivity index (χ2v) is 18.2. The van der Waals surface area contributed by atoms with Gasteiger partial charge in [-0.2, -0.15) is 0 Å². The quantitative estimate of drug-likeness (QED) is 0.146. The van der Waals surface area contributed by atoms with Crippen molar-refractivity contribution in [1.29, 1.82) is 0 Å². The topological polar surface area (TPSA) is 0 Å². The molecule has 0 fully saturated rings. The monoisotopic (exact) mass is 844 g/mol. The molecule has 13 aromatic rings. The van der Waals surface area contributed by atoms with Crippen molar-refractivity contribution < 1.29 is 0 Å². The second-order valence-electron chi connectivity index (χ2n) is 18.2. The molecule has 0 amide bonds. The zero-order valence-electron chi connectivity index (χ0n) is 36.6. The van der Waals surface area contributed by atoms with Gasteiger partial charge in [0.2, 0.25) is 0 Å². The van der Waals surface area contributed by atoms with Crippen molar-refractivity contribution in [2.45, 2.75) is 6.42 Å². The maximum absolute atomic E-state index is 3.35. The molecule has 0 atom stereocenters. The zero-order chi connectivity index (χ0) is 44.0. The Labute approximate surface area is 389 Å². The van der Waals surface area contributed by atoms with Crippen LogP contribution in [0.1, 0.15) is 22.3 Å². The van der Waals surface area contributed by atoms with E-state index in [0.717, 1.165) is 11.8 Å². The summed E-state index contributed by atoms with van der Waals surface area (Å²) < 4.78 is 0. The second kappa shape index (κ2) is 14.9. The molecule has 0 N–H and O–H groups in total. The van der Waals surface area contributed by atoms with Gasteiger partial charge in [-0.05, 0) is 181 Å². The summed E-state index contributed by atoms with van der Waals surface area (Å²) in [6.07, 6.45) is 5.67. The summed E-state index contributed by atoms with van der Waals surface area (Å²) in [5.74, 6) is 0. The molecule has 0 heterocycles. The first-order valence-corrected chi connectivity index (χ1v) is 23.3. The Balaban J connectivity index is 0.833. The Morgan fingerprint density at radius 1 is 0.328 bits per heavy atom. The van der Waals surface area contributed by atoms with Crippen LogP contribution in [0.3, 0.4) is 0 Å². The van der Waals surface area contributed by atoms with Gasteiger partial charge in [0.1, 0.15) is 0 Å². The molecular weight excluding hydrogens is 805 g/mol. The van der Waals surface area contributed by atoms with Crippen LogP contribution in [-0.4, -0.2) is 0 Å². The van der Waals surface area contributed by atoms with E-state index in [2.05, 4.69) is 243 Å². The van der Waals surface area contributed by atoms with Crippen molar-refractivity contribution in [2.24, 2.45) is 0 Å². The Morgan fingerprint density at radius 2 is 0.851 bits per heavy atom. The summed E-state index contributed by atoms with van der Waals surface area (Å²) in [7, 11) is 0. The van der Waals surface area contributed by atoms with Crippen molar-refractivity contribution in [3.63, 3.8) is 0 Å². The fourth-order valence-corrected chi connectivity index (χ4v) is 11.2. The molecule has 0 heteroatoms. The van der Waals surface area contributed by atoms with Gasteiger partial charge < -0.3 is 0 Å². The molecule has 308 valence electrons. The van der Waals surface area contributed by atoms with Crippen LogP contribution in [0.4, 0.5) is 0 Å². The standard InChI is InChI=1S/C67H40/c1-2-9-42(10-3-1)62-40-54(51-16-6-15-50(37-51)52-17-7-19-56(38-52)58-33-29-48-25-23-44-11-4-13-46-31-35-60(58)66(48)64(44)46)27-21-43-22-28-55(41-63(43)62)53-18-8-20-57(39-53)59-34-30-49-26-24-45-12-5-14-47-32-36-61(59)67(49)65(45)47/h1-4,6-11,13-20,22-41H,21H2. The van der Waals surface area contributed by atoms with Crippen LogP contribution in [0.25, 0.3) is 120 Å². The smallest absolute Gasteiger partial charge is 0.0334 e. The molecule has 14 rings (SSSR count). The van der Waals surface area contributed by atoms with Crippen LogP contribution in [-0.2, 0) is 6.42 Å². The number of hydrogen-bond acceptors (Lipinski definition) is 0. The van der Waals surface area contributed by atoms with Gasteiger partial charge in [0.15, 0.2) is 0 Å². The molecule has 0 saturated carbocycles. The van der Waals surface area contributed by atoms with E-state index in [9.17, 15) is 0 Å². The first-order chi connectivity index (χ1) is 33.2. The summed E-state index contributed by atoms with van der Waals surface area (Å²) in [6, 6.07) is 87.6. The Hall–Kier alpha value is -8.76. The van der Waals surface area contributed by atoms with E-state index in [-0.39, 0.29) is 0 Å². The lowest BCUT2D eigenvalue weighted by Gasteiger charge is -2.16. The molecule has 1 aliphatic carbocycles. The Bertz CT molecular complexity index is 4130. The molecule has 13 aromatic carbocycles. The van der Waals surface area contributed by atoms with Crippen LogP contribution in [0, 0.1) is 12.1 Å². The summed E-state index contributed by atoms with van der Waals surface area (Å²) in [5.41, 5.74) is 17.3. The summed E-state index contributed by atoms with van der Waals surface area (Å²) in [6.45, 7) is 0. The summed E-state index contributed by atoms with van der Waals surface area (Å²) in [4.78, 5) is 0. The maximum atomic E-state index is 3.35. The fourth-order valence-electron chi connectivity index (χ4n) is 11.2. The number of benzene rings is 12. The Morgan fingerprint density at radius 3 is 1.55 bits per heavy atom. The van der Waals surface area contributed by atoms with Crippen LogP contribution in [0.15, 0.2) is 231 Å². The molecule has 0 unspecified atom stereocenters. The summed E-state index contributed by atoms with van der Waals surface area (Å²) in [5, 5.41) is 15.3. The van der Waals surface area contributed by atoms with E-state index in [1.54, 1.807) is 0 Å². The van der Waals surface area contributed by atoms with Crippen molar-refractivity contribution in [2.75, 3.05) is 0 Å². The highest BCUT2D eigenvalue weighted by Gasteiger charge is 2.19. The highest BCUT2D eigenvalue weighted by molar-refractivity contribution is 6.26. The Kier molecular flexibility index (Phi) is 8.36. The molecule has 67 heavy (non-hydrogen) atoms. The van der Waals surface area contributed by atoms with Gasteiger partial charge in [0, 0.05) is 10.8 Å². The number of rotatable bonds is 6. The minimum atomic E-state index is 0.837. The minimum absolute atomic E-state index is 0.837. The van der Waals surface area contributed by atoms with Crippen molar-refractivity contribution in [1.82, 2.24) is 0 Å². The molecule has 0 aliphatic heterocycles. The predicted molar refractivity (Wildman–Crippen MR) is 285 cm³/mol. The van der Waals surface area contributed by atoms with Crippen LogP contribution < -0.4 is 0 Å². The van der Waals surface area contributed by atoms with Gasteiger partial charge in [-0.15, -0.1) is 0 Å². The third-order valence-electron chi connectivity index (χ3n) is 14.4. The van der Waals surface area contributed by atoms with Gasteiger partial charge >= 0.3 is 0 Å². The first-order valence-electron chi connectivity index (χ1n) is 23.3. The normalized spacial score (nSPS) is 12.8. The van der Waals surface area contributed by atoms with Crippen molar-refractivity contribution in [3.8, 4) is 44.5 Å². The first kappa shape index (κ1) is 37.6. The van der Waals surface area contributed by atoms with E-state index < -0.39 is 0 Å². The van der Waals surface area contributed by atoms with E-state index in [0.29, 0.717) is 0 Å². The lowest BCUT2D eigenvalue weighted by atomic mass is 9.88. The highest BCUT2D eigenvalue weighted by Crippen LogP contribution is 2.43. The van der Waals surface area contributed by atoms with E-state index in [1.165, 1.54) is 137 Å². The molecule has 0 spiro atoms. The van der Waals surface area contributed by atoms with Gasteiger partial charge in [-0.1, -0.05) is 200 Å². The number of fused-ring (bicyclic) bond motifs is 1. The third kappa shape index (κ3) is 6.10. The van der Waals surface area contributed by atoms with Gasteiger partial charge in [-0.3, -0.25) is 0 Å². The predicted octanol–water partition coefficient (Wildman–Crippen LogP) is 17.8. The largest absolute Gasteiger partial charge is 0.0722 e. The summed E-state index contributed by atoms with van der Waals surface area (Å²) >= 11 is 0. The van der Waals surface area contributed by atoms with Crippen molar-refractivity contribution >= 4 is 75.8 Å². The minimum Gasteiger partial charge on any atom is -0.0722 e. The SMILES string of the molecule is c1cc2ccc3c(-c4cccc(-c5ccc6c(c5)C(c5ccccc5)=CC(c5cccc(-c7cccc(-c8ccc9ccc%10cccc%11ccc8c9c%10%11)c7)c5)=CC6)c4)ccc4ccc(c#1)c2c43. The van der Waals surface area contributed by atoms with E-state index >= 15 is 0 Å². The van der Waals surface area contributed by atoms with Crippen LogP contribution in [0.5, 0.6) is 0 Å². The zero-order valence-corrected chi connectivity index (χ0v) is 36.6. The molecular formula is C67H40. The molecule has 0 aromatic heterocycles. The lowest BCUT2D eigenvalue weighted by molar-refractivity contribution is 1.26. The molecule has 0 saturated heterocycles. The highest BCUT2D eigenvalue weighted by atomic mass is 14.2. The molecule has 0 radical (unpaired) electrons.